The molecule has 0 saturated carbocycles. The first-order valence-corrected chi connectivity index (χ1v) is 5.52. The van der Waals surface area contributed by atoms with E-state index in [-0.39, 0.29) is 12.4 Å². The number of rotatable bonds is 4. The summed E-state index contributed by atoms with van der Waals surface area (Å²) in [5.41, 5.74) is 1.17. The monoisotopic (exact) mass is 257 g/mol. The molecule has 0 saturated heterocycles. The van der Waals surface area contributed by atoms with Crippen LogP contribution in [0.5, 0.6) is 5.75 Å². The minimum absolute atomic E-state index is 0.135. The first kappa shape index (κ1) is 12.7. The van der Waals surface area contributed by atoms with E-state index in [9.17, 15) is 4.79 Å². The highest BCUT2D eigenvalue weighted by molar-refractivity contribution is 5.87. The van der Waals surface area contributed by atoms with Gasteiger partial charge in [-0.15, -0.1) is 0 Å². The fourth-order valence-electron chi connectivity index (χ4n) is 1.51. The Bertz CT molecular complexity index is 607. The molecule has 0 radical (unpaired) electrons. The van der Waals surface area contributed by atoms with Crippen LogP contribution in [0.3, 0.4) is 0 Å². The van der Waals surface area contributed by atoms with Gasteiger partial charge in [-0.25, -0.2) is 4.79 Å². The number of methoxy groups -OCH3 is 1. The van der Waals surface area contributed by atoms with Crippen molar-refractivity contribution in [2.45, 2.75) is 6.61 Å². The van der Waals surface area contributed by atoms with Crippen molar-refractivity contribution in [2.75, 3.05) is 7.11 Å². The van der Waals surface area contributed by atoms with Gasteiger partial charge in [-0.05, 0) is 30.3 Å². The summed E-state index contributed by atoms with van der Waals surface area (Å²) in [4.78, 5) is 11.4. The predicted octanol–water partition coefficient (Wildman–Crippen LogP) is 2.52. The van der Waals surface area contributed by atoms with Crippen molar-refractivity contribution in [1.82, 2.24) is 0 Å². The molecule has 0 unspecified atom stereocenters. The Morgan fingerprint density at radius 3 is 2.68 bits per heavy atom. The third-order valence-corrected chi connectivity index (χ3v) is 2.50. The Balaban J connectivity index is 2.04. The molecule has 0 N–H and O–H groups in total. The van der Waals surface area contributed by atoms with Crippen molar-refractivity contribution in [3.05, 3.63) is 53.5 Å². The fraction of sp³-hybridized carbons (Fsp3) is 0.143. The molecular formula is C14H11NO4. The normalized spacial score (nSPS) is 9.68. The lowest BCUT2D eigenvalue weighted by Gasteiger charge is -2.05. The van der Waals surface area contributed by atoms with Crippen LogP contribution in [0.15, 0.2) is 41.0 Å². The van der Waals surface area contributed by atoms with Crippen LogP contribution in [0.2, 0.25) is 0 Å². The van der Waals surface area contributed by atoms with Crippen molar-refractivity contribution in [1.29, 1.82) is 5.26 Å². The summed E-state index contributed by atoms with van der Waals surface area (Å²) >= 11 is 0. The number of hydrogen-bond donors (Lipinski definition) is 0. The topological polar surface area (TPSA) is 72.5 Å². The van der Waals surface area contributed by atoms with Crippen LogP contribution in [0, 0.1) is 11.3 Å². The maximum Gasteiger partial charge on any atom is 0.374 e. The highest BCUT2D eigenvalue weighted by atomic mass is 16.5. The van der Waals surface area contributed by atoms with E-state index in [0.717, 1.165) is 0 Å². The molecule has 2 aromatic rings. The predicted molar refractivity (Wildman–Crippen MR) is 65.5 cm³/mol. The summed E-state index contributed by atoms with van der Waals surface area (Å²) in [5.74, 6) is 0.204. The molecule has 0 fully saturated rings. The molecule has 2 rings (SSSR count). The Kier molecular flexibility index (Phi) is 3.84. The van der Waals surface area contributed by atoms with Gasteiger partial charge in [-0.1, -0.05) is 0 Å². The molecule has 0 atom stereocenters. The average Bonchev–Trinajstić information content (AvgIpc) is 2.93. The molecule has 96 valence electrons. The van der Waals surface area contributed by atoms with Crippen LogP contribution in [0.1, 0.15) is 21.7 Å². The number of esters is 1. The molecule has 5 heteroatoms. The maximum absolute atomic E-state index is 11.4. The highest BCUT2D eigenvalue weighted by Crippen LogP contribution is 2.17. The lowest BCUT2D eigenvalue weighted by atomic mass is 10.2. The largest absolute Gasteiger partial charge is 0.489 e. The van der Waals surface area contributed by atoms with Gasteiger partial charge in [-0.3, -0.25) is 0 Å². The zero-order chi connectivity index (χ0) is 13.7. The third kappa shape index (κ3) is 2.93. The highest BCUT2D eigenvalue weighted by Gasteiger charge is 2.15. The van der Waals surface area contributed by atoms with Gasteiger partial charge in [0, 0.05) is 5.56 Å². The van der Waals surface area contributed by atoms with Crippen LogP contribution >= 0.6 is 0 Å². The number of furan rings is 1. The van der Waals surface area contributed by atoms with Gasteiger partial charge in [0.1, 0.15) is 12.4 Å². The SMILES string of the molecule is COC(=O)c1occc1COc1ccc(C#N)cc1. The van der Waals surface area contributed by atoms with E-state index in [2.05, 4.69) is 4.74 Å². The van der Waals surface area contributed by atoms with Crippen molar-refractivity contribution in [3.8, 4) is 11.8 Å². The molecule has 0 aliphatic rings. The third-order valence-electron chi connectivity index (χ3n) is 2.50. The maximum atomic E-state index is 11.4. The summed E-state index contributed by atoms with van der Waals surface area (Å²) in [6, 6.07) is 10.4. The molecule has 0 amide bonds. The summed E-state index contributed by atoms with van der Waals surface area (Å²) in [5, 5.41) is 8.68. The second-order valence-electron chi connectivity index (χ2n) is 3.69. The van der Waals surface area contributed by atoms with Crippen LogP contribution in [0.25, 0.3) is 0 Å². The summed E-state index contributed by atoms with van der Waals surface area (Å²) in [6.07, 6.45) is 1.41. The van der Waals surface area contributed by atoms with Crippen LogP contribution in [0.4, 0.5) is 0 Å². The molecule has 19 heavy (non-hydrogen) atoms. The molecule has 0 aliphatic carbocycles. The minimum atomic E-state index is -0.538. The number of hydrogen-bond acceptors (Lipinski definition) is 5. The molecule has 1 aromatic heterocycles. The van der Waals surface area contributed by atoms with E-state index in [4.69, 9.17) is 14.4 Å². The van der Waals surface area contributed by atoms with E-state index in [1.54, 1.807) is 30.3 Å². The Morgan fingerprint density at radius 2 is 2.05 bits per heavy atom. The zero-order valence-electron chi connectivity index (χ0n) is 10.3. The van der Waals surface area contributed by atoms with Gasteiger partial charge in [0.25, 0.3) is 0 Å². The average molecular weight is 257 g/mol. The van der Waals surface area contributed by atoms with Gasteiger partial charge in [-0.2, -0.15) is 5.26 Å². The van der Waals surface area contributed by atoms with Gasteiger partial charge >= 0.3 is 5.97 Å². The van der Waals surface area contributed by atoms with Gasteiger partial charge < -0.3 is 13.9 Å². The van der Waals surface area contributed by atoms with Crippen molar-refractivity contribution in [3.63, 3.8) is 0 Å². The Morgan fingerprint density at radius 1 is 1.32 bits per heavy atom. The van der Waals surface area contributed by atoms with E-state index < -0.39 is 5.97 Å². The van der Waals surface area contributed by atoms with Gasteiger partial charge in [0.2, 0.25) is 5.76 Å². The van der Waals surface area contributed by atoms with E-state index in [0.29, 0.717) is 16.9 Å². The number of benzene rings is 1. The van der Waals surface area contributed by atoms with E-state index >= 15 is 0 Å². The second-order valence-corrected chi connectivity index (χ2v) is 3.69. The van der Waals surface area contributed by atoms with E-state index in [1.807, 2.05) is 6.07 Å². The fourth-order valence-corrected chi connectivity index (χ4v) is 1.51. The number of nitriles is 1. The quantitative estimate of drug-likeness (QED) is 0.787. The molecule has 5 nitrogen and oxygen atoms in total. The molecular weight excluding hydrogens is 246 g/mol. The van der Waals surface area contributed by atoms with Crippen molar-refractivity contribution < 1.29 is 18.7 Å². The Labute approximate surface area is 110 Å². The summed E-state index contributed by atoms with van der Waals surface area (Å²) in [7, 11) is 1.29. The van der Waals surface area contributed by atoms with E-state index in [1.165, 1.54) is 13.4 Å². The molecule has 1 heterocycles. The van der Waals surface area contributed by atoms with Crippen LogP contribution < -0.4 is 4.74 Å². The minimum Gasteiger partial charge on any atom is -0.489 e. The van der Waals surface area contributed by atoms with Crippen molar-refractivity contribution in [2.24, 2.45) is 0 Å². The lowest BCUT2D eigenvalue weighted by molar-refractivity contribution is 0.0561. The molecule has 1 aromatic carbocycles. The first-order valence-electron chi connectivity index (χ1n) is 5.52. The summed E-state index contributed by atoms with van der Waals surface area (Å²) in [6.45, 7) is 0.187. The van der Waals surface area contributed by atoms with Crippen LogP contribution in [-0.2, 0) is 11.3 Å². The number of nitrogens with zero attached hydrogens (tertiary/aromatic N) is 1. The molecule has 0 aliphatic heterocycles. The molecule has 0 spiro atoms. The Hall–Kier alpha value is -2.74. The zero-order valence-corrected chi connectivity index (χ0v) is 10.3. The molecule has 0 bridgehead atoms. The number of carbonyl (C=O) groups is 1. The smallest absolute Gasteiger partial charge is 0.374 e. The number of carbonyl (C=O) groups excluding carboxylic acids is 1. The van der Waals surface area contributed by atoms with Gasteiger partial charge in [0.15, 0.2) is 0 Å². The number of ether oxygens (including phenoxy) is 2. The standard InChI is InChI=1S/C14H11NO4/c1-17-14(16)13-11(6-7-18-13)9-19-12-4-2-10(8-15)3-5-12/h2-7H,9H2,1H3. The summed E-state index contributed by atoms with van der Waals surface area (Å²) < 4.78 is 15.1. The van der Waals surface area contributed by atoms with Crippen LogP contribution in [-0.4, -0.2) is 13.1 Å². The van der Waals surface area contributed by atoms with Crippen molar-refractivity contribution >= 4 is 5.97 Å². The first-order chi connectivity index (χ1) is 9.24. The second kappa shape index (κ2) is 5.74. The lowest BCUT2D eigenvalue weighted by Crippen LogP contribution is -2.05. The van der Waals surface area contributed by atoms with Gasteiger partial charge in [0.05, 0.1) is 25.0 Å².